The van der Waals surface area contributed by atoms with E-state index in [2.05, 4.69) is 5.32 Å². The third kappa shape index (κ3) is 4.29. The molecular weight excluding hydrogens is 508 g/mol. The molecule has 0 bridgehead atoms. The lowest BCUT2D eigenvalue weighted by Crippen LogP contribution is -2.57. The molecule has 0 aliphatic carbocycles. The predicted octanol–water partition coefficient (Wildman–Crippen LogP) is 3.95. The quantitative estimate of drug-likeness (QED) is 0.545. The van der Waals surface area contributed by atoms with Crippen LogP contribution in [0, 0.1) is 17.6 Å². The highest BCUT2D eigenvalue weighted by Gasteiger charge is 2.61. The van der Waals surface area contributed by atoms with E-state index in [4.69, 9.17) is 21.1 Å². The fourth-order valence-corrected chi connectivity index (χ4v) is 8.11. The third-order valence-electron chi connectivity index (χ3n) is 6.40. The van der Waals surface area contributed by atoms with E-state index in [1.807, 2.05) is 0 Å². The molecule has 2 aliphatic rings. The Morgan fingerprint density at radius 3 is 2.62 bits per heavy atom. The number of carbonyl (C=O) groups is 1. The van der Waals surface area contributed by atoms with Gasteiger partial charge >= 0.3 is 0 Å². The Hall–Kier alpha value is -1.88. The first-order valence-electron chi connectivity index (χ1n) is 10.7. The van der Waals surface area contributed by atoms with Crippen molar-refractivity contribution in [2.75, 3.05) is 31.8 Å². The molecule has 2 aromatic carbocycles. The molecular formula is C23H24ClF2NO5S2. The van der Waals surface area contributed by atoms with Crippen molar-refractivity contribution in [3.05, 3.63) is 58.6 Å². The molecule has 0 saturated carbocycles. The van der Waals surface area contributed by atoms with E-state index in [9.17, 15) is 17.6 Å². The topological polar surface area (TPSA) is 81.7 Å². The van der Waals surface area contributed by atoms with E-state index < -0.39 is 38.2 Å². The summed E-state index contributed by atoms with van der Waals surface area (Å²) in [6.45, 7) is -0.103. The van der Waals surface area contributed by atoms with Gasteiger partial charge in [0.05, 0.1) is 28.9 Å². The normalized spacial score (nSPS) is 24.0. The highest BCUT2D eigenvalue weighted by molar-refractivity contribution is 7.99. The van der Waals surface area contributed by atoms with Crippen LogP contribution in [0.4, 0.5) is 8.78 Å². The lowest BCUT2D eigenvalue weighted by atomic mass is 9.75. The van der Waals surface area contributed by atoms with Gasteiger partial charge in [0, 0.05) is 24.6 Å². The van der Waals surface area contributed by atoms with Crippen molar-refractivity contribution in [2.24, 2.45) is 5.92 Å². The van der Waals surface area contributed by atoms with E-state index in [0.29, 0.717) is 17.2 Å². The van der Waals surface area contributed by atoms with Crippen molar-refractivity contribution in [3.8, 4) is 5.75 Å². The number of fused-ring (bicyclic) bond motifs is 3. The van der Waals surface area contributed by atoms with Crippen LogP contribution in [-0.2, 0) is 24.1 Å². The van der Waals surface area contributed by atoms with Gasteiger partial charge in [0.1, 0.15) is 10.6 Å². The largest absolute Gasteiger partial charge is 0.490 e. The summed E-state index contributed by atoms with van der Waals surface area (Å²) in [4.78, 5) is 11.5. The molecule has 2 aliphatic heterocycles. The predicted molar refractivity (Wildman–Crippen MR) is 126 cm³/mol. The minimum absolute atomic E-state index is 0.0342. The summed E-state index contributed by atoms with van der Waals surface area (Å²) >= 11 is 7.35. The number of hydrogen-bond donors (Lipinski definition) is 1. The maximum Gasteiger partial charge on any atom is 0.229 e. The number of hydrogen-bond acceptors (Lipinski definition) is 6. The Morgan fingerprint density at radius 1 is 1.21 bits per heavy atom. The van der Waals surface area contributed by atoms with E-state index >= 15 is 4.39 Å². The number of ether oxygens (including phenoxy) is 2. The SMILES string of the molecule is CNC(=O)CSCC[C@@H]1OCCC2(S(=O)(=O)c3ccc(Cl)cc3)c3c(F)ccc(F)c3OCC12. The van der Waals surface area contributed by atoms with Crippen LogP contribution >= 0.6 is 23.4 Å². The third-order valence-corrected chi connectivity index (χ3v) is 10.2. The second-order valence-corrected chi connectivity index (χ2v) is 11.9. The summed E-state index contributed by atoms with van der Waals surface area (Å²) in [7, 11) is -2.68. The number of benzene rings is 2. The van der Waals surface area contributed by atoms with Crippen LogP contribution in [0.3, 0.4) is 0 Å². The summed E-state index contributed by atoms with van der Waals surface area (Å²) in [6.07, 6.45) is -0.231. The molecule has 1 fully saturated rings. The van der Waals surface area contributed by atoms with E-state index in [1.165, 1.54) is 36.0 Å². The second-order valence-electron chi connectivity index (χ2n) is 8.17. The van der Waals surface area contributed by atoms with Crippen LogP contribution in [0.2, 0.25) is 5.02 Å². The second kappa shape index (κ2) is 10.0. The average molecular weight is 532 g/mol. The highest BCUT2D eigenvalue weighted by Crippen LogP contribution is 2.56. The number of carbonyl (C=O) groups excluding carboxylic acids is 1. The summed E-state index contributed by atoms with van der Waals surface area (Å²) < 4.78 is 68.2. The van der Waals surface area contributed by atoms with Gasteiger partial charge in [0.2, 0.25) is 5.91 Å². The lowest BCUT2D eigenvalue weighted by Gasteiger charge is -2.50. The minimum Gasteiger partial charge on any atom is -0.490 e. The Bertz CT molecular complexity index is 1180. The van der Waals surface area contributed by atoms with Gasteiger partial charge in [0.25, 0.3) is 0 Å². The molecule has 0 spiro atoms. The zero-order valence-corrected chi connectivity index (χ0v) is 20.7. The van der Waals surface area contributed by atoms with E-state index in [-0.39, 0.29) is 47.5 Å². The van der Waals surface area contributed by atoms with Crippen LogP contribution in [0.15, 0.2) is 41.3 Å². The molecule has 34 heavy (non-hydrogen) atoms. The van der Waals surface area contributed by atoms with Crippen LogP contribution in [-0.4, -0.2) is 52.2 Å². The van der Waals surface area contributed by atoms with Crippen LogP contribution in [0.5, 0.6) is 5.75 Å². The molecule has 2 aromatic rings. The van der Waals surface area contributed by atoms with Gasteiger partial charge in [-0.2, -0.15) is 11.8 Å². The summed E-state index contributed by atoms with van der Waals surface area (Å²) in [5.74, 6) is -2.17. The van der Waals surface area contributed by atoms with Gasteiger partial charge < -0.3 is 14.8 Å². The summed E-state index contributed by atoms with van der Waals surface area (Å²) in [6, 6.07) is 7.52. The summed E-state index contributed by atoms with van der Waals surface area (Å²) in [5.41, 5.74) is -0.287. The van der Waals surface area contributed by atoms with Crippen molar-refractivity contribution >= 4 is 39.1 Å². The number of thioether (sulfide) groups is 1. The number of nitrogens with one attached hydrogen (secondary N) is 1. The van der Waals surface area contributed by atoms with Gasteiger partial charge in [-0.05, 0) is 55.0 Å². The van der Waals surface area contributed by atoms with Crippen LogP contribution in [0.1, 0.15) is 18.4 Å². The molecule has 1 saturated heterocycles. The van der Waals surface area contributed by atoms with Gasteiger partial charge in [0.15, 0.2) is 21.4 Å². The zero-order valence-electron chi connectivity index (χ0n) is 18.4. The highest BCUT2D eigenvalue weighted by atomic mass is 35.5. The fraction of sp³-hybridized carbons (Fsp3) is 0.435. The first-order chi connectivity index (χ1) is 16.2. The van der Waals surface area contributed by atoms with Gasteiger partial charge in [-0.15, -0.1) is 0 Å². The van der Waals surface area contributed by atoms with Crippen molar-refractivity contribution in [1.29, 1.82) is 0 Å². The molecule has 0 radical (unpaired) electrons. The Labute approximate surface area is 206 Å². The standard InChI is InChI=1S/C23H24ClF2NO5S2/c1-27-20(28)13-33-11-8-19-16-12-32-22-18(26)7-6-17(25)21(22)23(16,9-10-31-19)34(29,30)15-4-2-14(24)3-5-15/h2-7,16,19H,8-13H2,1H3,(H,27,28)/t16?,19-,23?/m0/s1. The number of sulfone groups is 1. The minimum atomic E-state index is -4.23. The van der Waals surface area contributed by atoms with Crippen molar-refractivity contribution < 1.29 is 31.5 Å². The van der Waals surface area contributed by atoms with E-state index in [1.54, 1.807) is 7.05 Å². The molecule has 184 valence electrons. The maximum absolute atomic E-state index is 15.3. The molecule has 6 nitrogen and oxygen atoms in total. The fourth-order valence-electron chi connectivity index (χ4n) is 4.77. The summed E-state index contributed by atoms with van der Waals surface area (Å²) in [5, 5.41) is 2.90. The molecule has 3 atom stereocenters. The molecule has 0 aromatic heterocycles. The van der Waals surface area contributed by atoms with Gasteiger partial charge in [-0.1, -0.05) is 11.6 Å². The van der Waals surface area contributed by atoms with Crippen molar-refractivity contribution in [3.63, 3.8) is 0 Å². The molecule has 2 heterocycles. The lowest BCUT2D eigenvalue weighted by molar-refractivity contribution is -0.118. The molecule has 1 amide bonds. The number of rotatable bonds is 7. The Morgan fingerprint density at radius 2 is 1.91 bits per heavy atom. The first-order valence-corrected chi connectivity index (χ1v) is 13.8. The van der Waals surface area contributed by atoms with Crippen molar-refractivity contribution in [1.82, 2.24) is 5.32 Å². The zero-order chi connectivity index (χ0) is 24.5. The van der Waals surface area contributed by atoms with Crippen LogP contribution < -0.4 is 10.1 Å². The average Bonchev–Trinajstić information content (AvgIpc) is 2.83. The number of halogens is 3. The smallest absolute Gasteiger partial charge is 0.229 e. The van der Waals surface area contributed by atoms with Crippen molar-refractivity contribution in [2.45, 2.75) is 28.6 Å². The van der Waals surface area contributed by atoms with Crippen LogP contribution in [0.25, 0.3) is 0 Å². The Balaban J connectivity index is 1.79. The molecule has 2 unspecified atom stereocenters. The number of amides is 1. The molecule has 11 heteroatoms. The Kier molecular flexibility index (Phi) is 7.42. The monoisotopic (exact) mass is 531 g/mol. The maximum atomic E-state index is 15.3. The molecule has 1 N–H and O–H groups in total. The van der Waals surface area contributed by atoms with E-state index in [0.717, 1.165) is 12.1 Å². The molecule has 4 rings (SSSR count). The van der Waals surface area contributed by atoms with Gasteiger partial charge in [-0.3, -0.25) is 4.79 Å². The first kappa shape index (κ1) is 25.2. The van der Waals surface area contributed by atoms with Gasteiger partial charge in [-0.25, -0.2) is 17.2 Å².